The van der Waals surface area contributed by atoms with Crippen LogP contribution in [-0.2, 0) is 0 Å². The van der Waals surface area contributed by atoms with Crippen molar-refractivity contribution < 1.29 is 14.3 Å². The van der Waals surface area contributed by atoms with Gasteiger partial charge in [0.05, 0.1) is 17.6 Å². The summed E-state index contributed by atoms with van der Waals surface area (Å²) in [5, 5.41) is 12.2. The molecule has 0 saturated carbocycles. The Balaban J connectivity index is 1.54. The highest BCUT2D eigenvalue weighted by molar-refractivity contribution is 7.13. The third kappa shape index (κ3) is 2.58. The third-order valence-electron chi connectivity index (χ3n) is 5.52. The van der Waals surface area contributed by atoms with Crippen LogP contribution in [0.25, 0.3) is 21.7 Å². The monoisotopic (exact) mass is 384 g/mol. The number of rotatable bonds is 3. The van der Waals surface area contributed by atoms with E-state index in [0.29, 0.717) is 25.0 Å². The zero-order valence-corrected chi connectivity index (χ0v) is 15.9. The highest BCUT2D eigenvalue weighted by atomic mass is 32.1. The molecule has 7 nitrogen and oxygen atoms in total. The van der Waals surface area contributed by atoms with Gasteiger partial charge in [-0.05, 0) is 30.0 Å². The molecule has 3 aliphatic rings. The number of piperazine rings is 1. The van der Waals surface area contributed by atoms with E-state index in [1.54, 1.807) is 22.4 Å². The van der Waals surface area contributed by atoms with E-state index in [1.807, 2.05) is 5.38 Å². The molecule has 27 heavy (non-hydrogen) atoms. The Labute approximate surface area is 160 Å². The van der Waals surface area contributed by atoms with E-state index in [2.05, 4.69) is 35.9 Å². The Hall–Kier alpha value is -2.61. The Kier molecular flexibility index (Phi) is 3.65. The van der Waals surface area contributed by atoms with Crippen LogP contribution in [0.4, 0.5) is 10.8 Å². The van der Waals surface area contributed by atoms with E-state index in [0.717, 1.165) is 28.1 Å². The summed E-state index contributed by atoms with van der Waals surface area (Å²) in [5.74, 6) is 0.375. The lowest BCUT2D eigenvalue weighted by atomic mass is 9.88. The lowest BCUT2D eigenvalue weighted by Crippen LogP contribution is -2.70. The van der Waals surface area contributed by atoms with Gasteiger partial charge < -0.3 is 14.4 Å². The minimum Gasteiger partial charge on any atom is -0.465 e. The summed E-state index contributed by atoms with van der Waals surface area (Å²) in [6.07, 6.45) is 1.88. The van der Waals surface area contributed by atoms with Crippen molar-refractivity contribution in [1.29, 1.82) is 0 Å². The van der Waals surface area contributed by atoms with Gasteiger partial charge in [-0.2, -0.15) is 4.98 Å². The average molecular weight is 384 g/mol. The smallest absolute Gasteiger partial charge is 0.407 e. The second-order valence-electron chi connectivity index (χ2n) is 7.54. The van der Waals surface area contributed by atoms with E-state index in [4.69, 9.17) is 9.40 Å². The number of amides is 1. The van der Waals surface area contributed by atoms with Crippen molar-refractivity contribution in [3.05, 3.63) is 29.3 Å². The summed E-state index contributed by atoms with van der Waals surface area (Å²) in [6.45, 7) is 5.57. The number of piperidine rings is 1. The second-order valence-corrected chi connectivity index (χ2v) is 8.44. The molecule has 1 N–H and O–H groups in total. The number of thiazole rings is 1. The number of anilines is 1. The Morgan fingerprint density at radius 2 is 2.11 bits per heavy atom. The summed E-state index contributed by atoms with van der Waals surface area (Å²) in [6, 6.07) is 4.85. The van der Waals surface area contributed by atoms with Crippen LogP contribution in [0.2, 0.25) is 0 Å². The fourth-order valence-corrected chi connectivity index (χ4v) is 4.76. The molecule has 2 atom stereocenters. The molecule has 1 aromatic carbocycles. The highest BCUT2D eigenvalue weighted by Gasteiger charge is 2.48. The molecular weight excluding hydrogens is 364 g/mol. The maximum Gasteiger partial charge on any atom is 0.407 e. The van der Waals surface area contributed by atoms with E-state index in [1.165, 1.54) is 5.56 Å². The molecule has 2 unspecified atom stereocenters. The van der Waals surface area contributed by atoms with Crippen LogP contribution in [-0.4, -0.2) is 51.2 Å². The minimum absolute atomic E-state index is 0.0286. The number of carboxylic acid groups (broad SMARTS) is 1. The Bertz CT molecular complexity index is 1000. The first kappa shape index (κ1) is 16.6. The van der Waals surface area contributed by atoms with Crippen molar-refractivity contribution in [2.75, 3.05) is 18.0 Å². The molecule has 1 amide bonds. The summed E-state index contributed by atoms with van der Waals surface area (Å²) in [4.78, 5) is 24.1. The number of aromatic nitrogens is 2. The number of benzene rings is 1. The van der Waals surface area contributed by atoms with Gasteiger partial charge >= 0.3 is 6.09 Å². The van der Waals surface area contributed by atoms with Crippen molar-refractivity contribution in [3.8, 4) is 10.6 Å². The van der Waals surface area contributed by atoms with E-state index in [-0.39, 0.29) is 12.1 Å². The lowest BCUT2D eigenvalue weighted by Gasteiger charge is -2.54. The largest absolute Gasteiger partial charge is 0.465 e. The van der Waals surface area contributed by atoms with Crippen molar-refractivity contribution in [2.24, 2.45) is 0 Å². The van der Waals surface area contributed by atoms with Crippen LogP contribution in [0.15, 0.2) is 28.1 Å². The number of hydrogen-bond donors (Lipinski definition) is 1. The molecule has 140 valence electrons. The average Bonchev–Trinajstić information content (AvgIpc) is 3.30. The fraction of sp³-hybridized carbons (Fsp3) is 0.421. The van der Waals surface area contributed by atoms with Crippen LogP contribution < -0.4 is 4.90 Å². The molecule has 0 radical (unpaired) electrons. The molecule has 5 heterocycles. The van der Waals surface area contributed by atoms with Crippen LogP contribution >= 0.6 is 11.3 Å². The number of hydrogen-bond acceptors (Lipinski definition) is 6. The van der Waals surface area contributed by atoms with Gasteiger partial charge in [0.15, 0.2) is 5.58 Å². The number of carbonyl (C=O) groups is 1. The van der Waals surface area contributed by atoms with Crippen LogP contribution in [0.3, 0.4) is 0 Å². The summed E-state index contributed by atoms with van der Waals surface area (Å²) in [7, 11) is 0. The topological polar surface area (TPSA) is 82.7 Å². The molecule has 3 aromatic rings. The van der Waals surface area contributed by atoms with Crippen molar-refractivity contribution in [3.63, 3.8) is 0 Å². The molecule has 3 saturated heterocycles. The standard InChI is InChI=1S/C19H20N4O3S/c1-10(2)11-5-14(17-20-3-4-27-17)16-15(6-11)21-18(26-16)22-8-12-7-13(9-22)23(12)19(24)25/h3-6,10,12-13H,7-9H2,1-2H3,(H,24,25). The molecule has 6 rings (SSSR count). The van der Waals surface area contributed by atoms with Gasteiger partial charge in [0.2, 0.25) is 0 Å². The first-order valence-electron chi connectivity index (χ1n) is 9.12. The zero-order chi connectivity index (χ0) is 18.7. The van der Waals surface area contributed by atoms with E-state index < -0.39 is 6.09 Å². The first-order valence-corrected chi connectivity index (χ1v) is 9.99. The van der Waals surface area contributed by atoms with Crippen molar-refractivity contribution >= 4 is 34.5 Å². The Morgan fingerprint density at radius 3 is 2.74 bits per heavy atom. The van der Waals surface area contributed by atoms with Gasteiger partial charge in [0.1, 0.15) is 10.5 Å². The van der Waals surface area contributed by atoms with E-state index >= 15 is 0 Å². The predicted octanol–water partition coefficient (Wildman–Crippen LogP) is 4.02. The molecule has 3 fully saturated rings. The molecular formula is C19H20N4O3S. The quantitative estimate of drug-likeness (QED) is 0.734. The molecule has 3 aliphatic heterocycles. The molecule has 8 heteroatoms. The number of nitrogens with zero attached hydrogens (tertiary/aromatic N) is 4. The van der Waals surface area contributed by atoms with Gasteiger partial charge in [0, 0.05) is 24.7 Å². The van der Waals surface area contributed by atoms with Gasteiger partial charge in [-0.15, -0.1) is 11.3 Å². The maximum atomic E-state index is 11.3. The van der Waals surface area contributed by atoms with Crippen molar-refractivity contribution in [1.82, 2.24) is 14.9 Å². The Morgan fingerprint density at radius 1 is 1.33 bits per heavy atom. The third-order valence-corrected chi connectivity index (χ3v) is 6.32. The fourth-order valence-electron chi connectivity index (χ4n) is 4.10. The van der Waals surface area contributed by atoms with Gasteiger partial charge in [-0.25, -0.2) is 9.78 Å². The summed E-state index contributed by atoms with van der Waals surface area (Å²) < 4.78 is 6.18. The van der Waals surface area contributed by atoms with E-state index in [9.17, 15) is 9.90 Å². The van der Waals surface area contributed by atoms with Crippen molar-refractivity contribution in [2.45, 2.75) is 38.3 Å². The maximum absolute atomic E-state index is 11.3. The van der Waals surface area contributed by atoms with Gasteiger partial charge in [0.25, 0.3) is 6.01 Å². The normalized spacial score (nSPS) is 21.7. The van der Waals surface area contributed by atoms with Crippen LogP contribution in [0.5, 0.6) is 0 Å². The number of fused-ring (bicyclic) bond motifs is 3. The van der Waals surface area contributed by atoms with Gasteiger partial charge in [-0.1, -0.05) is 13.8 Å². The molecule has 0 aliphatic carbocycles. The minimum atomic E-state index is -0.832. The van der Waals surface area contributed by atoms with Gasteiger partial charge in [-0.3, -0.25) is 4.90 Å². The van der Waals surface area contributed by atoms with Crippen LogP contribution in [0, 0.1) is 0 Å². The number of oxazole rings is 1. The SMILES string of the molecule is CC(C)c1cc(-c2nccs2)c2oc(N3CC4CC(C3)N4C(=O)O)nc2c1. The first-order chi connectivity index (χ1) is 13.0. The predicted molar refractivity (Wildman–Crippen MR) is 103 cm³/mol. The summed E-state index contributed by atoms with van der Waals surface area (Å²) in [5.41, 5.74) is 3.75. The highest BCUT2D eigenvalue weighted by Crippen LogP contribution is 2.38. The summed E-state index contributed by atoms with van der Waals surface area (Å²) >= 11 is 1.58. The zero-order valence-electron chi connectivity index (χ0n) is 15.1. The molecule has 0 spiro atoms. The molecule has 2 aromatic heterocycles. The molecule has 2 bridgehead atoms. The van der Waals surface area contributed by atoms with Crippen LogP contribution in [0.1, 0.15) is 31.7 Å². The second kappa shape index (κ2) is 5.95. The lowest BCUT2D eigenvalue weighted by molar-refractivity contribution is 0.0101.